The van der Waals surface area contributed by atoms with Gasteiger partial charge in [0.15, 0.2) is 11.5 Å². The molecule has 0 spiro atoms. The Morgan fingerprint density at radius 2 is 2.00 bits per heavy atom. The topological polar surface area (TPSA) is 78.4 Å². The zero-order valence-corrected chi connectivity index (χ0v) is 10.2. The van der Waals surface area contributed by atoms with Crippen LogP contribution in [0.1, 0.15) is 0 Å². The van der Waals surface area contributed by atoms with Gasteiger partial charge in [-0.15, -0.1) is 0 Å². The molecule has 3 aromatic rings. The van der Waals surface area contributed by atoms with Crippen molar-refractivity contribution in [2.75, 3.05) is 7.11 Å². The molecule has 3 N–H and O–H groups in total. The molecule has 96 valence electrons. The van der Waals surface area contributed by atoms with Gasteiger partial charge >= 0.3 is 0 Å². The summed E-state index contributed by atoms with van der Waals surface area (Å²) in [5, 5.41) is 19.5. The second-order valence-electron chi connectivity index (χ2n) is 4.14. The molecule has 3 rings (SSSR count). The molecular formula is C14H12N2O3. The first-order valence-electron chi connectivity index (χ1n) is 5.74. The maximum Gasteiger partial charge on any atom is 0.168 e. The molecule has 0 aliphatic rings. The molecule has 0 fully saturated rings. The van der Waals surface area contributed by atoms with Gasteiger partial charge in [-0.3, -0.25) is 0 Å². The number of para-hydroxylation sites is 1. The van der Waals surface area contributed by atoms with Gasteiger partial charge in [0.05, 0.1) is 23.7 Å². The van der Waals surface area contributed by atoms with E-state index >= 15 is 0 Å². The summed E-state index contributed by atoms with van der Waals surface area (Å²) in [6.45, 7) is 0. The highest BCUT2D eigenvalue weighted by Crippen LogP contribution is 2.36. The van der Waals surface area contributed by atoms with Crippen LogP contribution in [-0.4, -0.2) is 27.3 Å². The van der Waals surface area contributed by atoms with E-state index in [1.165, 1.54) is 7.11 Å². The number of hydrogen-bond donors (Lipinski definition) is 3. The first-order valence-corrected chi connectivity index (χ1v) is 5.74. The number of phenolic OH excluding ortho intramolecular Hbond substituents is 2. The molecule has 0 amide bonds. The van der Waals surface area contributed by atoms with Crippen LogP contribution in [0.25, 0.3) is 22.4 Å². The molecule has 5 nitrogen and oxygen atoms in total. The smallest absolute Gasteiger partial charge is 0.168 e. The van der Waals surface area contributed by atoms with Gasteiger partial charge in [0, 0.05) is 6.07 Å². The lowest BCUT2D eigenvalue weighted by Crippen LogP contribution is -1.87. The SMILES string of the molecule is COc1cccc(-c2nc3ccc(O)cc3[nH]2)c1O. The number of benzene rings is 2. The number of hydrogen-bond acceptors (Lipinski definition) is 4. The number of fused-ring (bicyclic) bond motifs is 1. The van der Waals surface area contributed by atoms with Crippen LogP contribution >= 0.6 is 0 Å². The van der Waals surface area contributed by atoms with Crippen LogP contribution in [0.3, 0.4) is 0 Å². The maximum atomic E-state index is 10.1. The predicted octanol–water partition coefficient (Wildman–Crippen LogP) is 2.65. The molecule has 0 atom stereocenters. The summed E-state index contributed by atoms with van der Waals surface area (Å²) in [7, 11) is 1.50. The number of H-pyrrole nitrogens is 1. The minimum absolute atomic E-state index is 0.0354. The number of rotatable bonds is 2. The third-order valence-corrected chi connectivity index (χ3v) is 2.94. The lowest BCUT2D eigenvalue weighted by Gasteiger charge is -2.06. The summed E-state index contributed by atoms with van der Waals surface area (Å²) in [6.07, 6.45) is 0. The van der Waals surface area contributed by atoms with Crippen molar-refractivity contribution in [2.45, 2.75) is 0 Å². The van der Waals surface area contributed by atoms with E-state index in [2.05, 4.69) is 9.97 Å². The first-order chi connectivity index (χ1) is 9.19. The van der Waals surface area contributed by atoms with Crippen LogP contribution in [0, 0.1) is 0 Å². The van der Waals surface area contributed by atoms with Crippen LogP contribution in [0.4, 0.5) is 0 Å². The molecule has 0 saturated heterocycles. The average Bonchev–Trinajstić information content (AvgIpc) is 2.81. The second kappa shape index (κ2) is 4.20. The van der Waals surface area contributed by atoms with E-state index in [9.17, 15) is 10.2 Å². The largest absolute Gasteiger partial charge is 0.508 e. The lowest BCUT2D eigenvalue weighted by molar-refractivity contribution is 0.374. The number of methoxy groups -OCH3 is 1. The Hall–Kier alpha value is -2.69. The maximum absolute atomic E-state index is 10.1. The van der Waals surface area contributed by atoms with Crippen LogP contribution < -0.4 is 4.74 Å². The van der Waals surface area contributed by atoms with Gasteiger partial charge in [-0.1, -0.05) is 6.07 Å². The molecule has 19 heavy (non-hydrogen) atoms. The number of nitrogens with one attached hydrogen (secondary N) is 1. The fourth-order valence-electron chi connectivity index (χ4n) is 2.00. The Bertz CT molecular complexity index is 750. The molecular weight excluding hydrogens is 244 g/mol. The number of nitrogens with zero attached hydrogens (tertiary/aromatic N) is 1. The van der Waals surface area contributed by atoms with Gasteiger partial charge in [-0.25, -0.2) is 4.98 Å². The van der Waals surface area contributed by atoms with Gasteiger partial charge in [-0.05, 0) is 24.3 Å². The molecule has 0 aliphatic heterocycles. The molecule has 1 aromatic heterocycles. The Kier molecular flexibility index (Phi) is 2.52. The zero-order valence-electron chi connectivity index (χ0n) is 10.2. The summed E-state index contributed by atoms with van der Waals surface area (Å²) in [5.74, 6) is 1.11. The van der Waals surface area contributed by atoms with E-state index in [0.29, 0.717) is 22.7 Å². The van der Waals surface area contributed by atoms with Crippen molar-refractivity contribution in [1.29, 1.82) is 0 Å². The summed E-state index contributed by atoms with van der Waals surface area (Å²) in [4.78, 5) is 7.44. The van der Waals surface area contributed by atoms with Gasteiger partial charge in [0.2, 0.25) is 0 Å². The van der Waals surface area contributed by atoms with E-state index in [1.54, 1.807) is 36.4 Å². The predicted molar refractivity (Wildman–Crippen MR) is 71.4 cm³/mol. The molecule has 0 saturated carbocycles. The van der Waals surface area contributed by atoms with Gasteiger partial charge in [-0.2, -0.15) is 0 Å². The monoisotopic (exact) mass is 256 g/mol. The average molecular weight is 256 g/mol. The summed E-state index contributed by atoms with van der Waals surface area (Å²) >= 11 is 0. The van der Waals surface area contributed by atoms with Gasteiger partial charge in [0.1, 0.15) is 11.6 Å². The molecule has 0 bridgehead atoms. The zero-order chi connectivity index (χ0) is 13.4. The van der Waals surface area contributed by atoms with Crippen LogP contribution in [-0.2, 0) is 0 Å². The van der Waals surface area contributed by atoms with Crippen molar-refractivity contribution in [1.82, 2.24) is 9.97 Å². The second-order valence-corrected chi connectivity index (χ2v) is 4.14. The van der Waals surface area contributed by atoms with E-state index in [4.69, 9.17) is 4.74 Å². The highest BCUT2D eigenvalue weighted by Gasteiger charge is 2.13. The fraction of sp³-hybridized carbons (Fsp3) is 0.0714. The summed E-state index contributed by atoms with van der Waals surface area (Å²) in [5.41, 5.74) is 1.97. The molecule has 2 aromatic carbocycles. The number of aromatic nitrogens is 2. The van der Waals surface area contributed by atoms with E-state index in [-0.39, 0.29) is 11.5 Å². The van der Waals surface area contributed by atoms with Crippen LogP contribution in [0.15, 0.2) is 36.4 Å². The number of ether oxygens (including phenoxy) is 1. The Morgan fingerprint density at radius 3 is 2.79 bits per heavy atom. The molecule has 0 unspecified atom stereocenters. The number of aromatic hydroxyl groups is 2. The lowest BCUT2D eigenvalue weighted by atomic mass is 10.2. The van der Waals surface area contributed by atoms with Crippen molar-refractivity contribution >= 4 is 11.0 Å². The number of imidazole rings is 1. The Balaban J connectivity index is 2.19. The highest BCUT2D eigenvalue weighted by molar-refractivity contribution is 5.82. The van der Waals surface area contributed by atoms with Crippen molar-refractivity contribution in [3.8, 4) is 28.6 Å². The highest BCUT2D eigenvalue weighted by atomic mass is 16.5. The third-order valence-electron chi connectivity index (χ3n) is 2.94. The Labute approximate surface area is 109 Å². The van der Waals surface area contributed by atoms with Crippen molar-refractivity contribution < 1.29 is 14.9 Å². The van der Waals surface area contributed by atoms with Crippen LogP contribution in [0.2, 0.25) is 0 Å². The molecule has 0 aliphatic carbocycles. The Morgan fingerprint density at radius 1 is 1.16 bits per heavy atom. The first kappa shape index (κ1) is 11.4. The van der Waals surface area contributed by atoms with Crippen LogP contribution in [0.5, 0.6) is 17.2 Å². The summed E-state index contributed by atoms with van der Waals surface area (Å²) in [6, 6.07) is 10.1. The van der Waals surface area contributed by atoms with E-state index < -0.39 is 0 Å². The van der Waals surface area contributed by atoms with Gasteiger partial charge < -0.3 is 19.9 Å². The van der Waals surface area contributed by atoms with E-state index in [0.717, 1.165) is 5.52 Å². The number of phenols is 2. The number of aromatic amines is 1. The molecule has 1 heterocycles. The standard InChI is InChI=1S/C14H12N2O3/c1-19-12-4-2-3-9(13(12)18)14-15-10-6-5-8(17)7-11(10)16-14/h2-7,17-18H,1H3,(H,15,16). The minimum atomic E-state index is 0.0354. The summed E-state index contributed by atoms with van der Waals surface area (Å²) < 4.78 is 5.07. The van der Waals surface area contributed by atoms with Gasteiger partial charge in [0.25, 0.3) is 0 Å². The quantitative estimate of drug-likeness (QED) is 0.658. The minimum Gasteiger partial charge on any atom is -0.508 e. The fourth-order valence-corrected chi connectivity index (χ4v) is 2.00. The molecule has 5 heteroatoms. The van der Waals surface area contributed by atoms with E-state index in [1.807, 2.05) is 0 Å². The van der Waals surface area contributed by atoms with Crippen molar-refractivity contribution in [3.63, 3.8) is 0 Å². The van der Waals surface area contributed by atoms with Crippen molar-refractivity contribution in [2.24, 2.45) is 0 Å². The molecule has 0 radical (unpaired) electrons. The third kappa shape index (κ3) is 1.85. The van der Waals surface area contributed by atoms with Crippen molar-refractivity contribution in [3.05, 3.63) is 36.4 Å². The normalized spacial score (nSPS) is 10.8.